The Balaban J connectivity index is 1.58. The molecule has 1 heterocycles. The summed E-state index contributed by atoms with van der Waals surface area (Å²) in [5.41, 5.74) is 3.79. The minimum atomic E-state index is -0.797. The van der Waals surface area contributed by atoms with Gasteiger partial charge in [0.1, 0.15) is 0 Å². The number of benzene rings is 3. The van der Waals surface area contributed by atoms with Gasteiger partial charge in [0.2, 0.25) is 0 Å². The Morgan fingerprint density at radius 1 is 0.871 bits per heavy atom. The van der Waals surface area contributed by atoms with Gasteiger partial charge in [0, 0.05) is 24.1 Å². The second-order valence-electron chi connectivity index (χ2n) is 8.64. The number of hydrogen-bond acceptors (Lipinski definition) is 2. The maximum atomic E-state index is 13.5. The highest BCUT2D eigenvalue weighted by atomic mass is 16.4. The molecule has 0 unspecified atom stereocenters. The van der Waals surface area contributed by atoms with Gasteiger partial charge in [0.05, 0.1) is 5.92 Å². The molecule has 1 saturated heterocycles. The van der Waals surface area contributed by atoms with Crippen LogP contribution in [0.15, 0.2) is 84.9 Å². The van der Waals surface area contributed by atoms with E-state index >= 15 is 0 Å². The number of carbonyl (C=O) groups is 2. The number of hydrogen-bond donors (Lipinski definition) is 1. The molecular formula is C27H25NO3. The Kier molecular flexibility index (Phi) is 5.06. The molecule has 0 radical (unpaired) electrons. The first-order chi connectivity index (χ1) is 15.1. The lowest BCUT2D eigenvalue weighted by Gasteiger charge is -2.36. The van der Waals surface area contributed by atoms with Crippen LogP contribution in [-0.2, 0) is 17.6 Å². The molecule has 0 aromatic heterocycles. The van der Waals surface area contributed by atoms with Gasteiger partial charge in [-0.05, 0) is 47.6 Å². The molecule has 1 amide bonds. The van der Waals surface area contributed by atoms with E-state index in [4.69, 9.17) is 0 Å². The van der Waals surface area contributed by atoms with Gasteiger partial charge in [-0.3, -0.25) is 9.59 Å². The van der Waals surface area contributed by atoms with E-state index < -0.39 is 11.9 Å². The highest BCUT2D eigenvalue weighted by Crippen LogP contribution is 2.48. The lowest BCUT2D eigenvalue weighted by Crippen LogP contribution is -2.43. The van der Waals surface area contributed by atoms with Gasteiger partial charge in [0.25, 0.3) is 5.91 Å². The topological polar surface area (TPSA) is 57.6 Å². The van der Waals surface area contributed by atoms with Gasteiger partial charge >= 0.3 is 5.97 Å². The summed E-state index contributed by atoms with van der Waals surface area (Å²) in [4.78, 5) is 28.0. The van der Waals surface area contributed by atoms with Crippen LogP contribution >= 0.6 is 0 Å². The summed E-state index contributed by atoms with van der Waals surface area (Å²) in [5.74, 6) is -1.38. The van der Waals surface area contributed by atoms with Crippen molar-refractivity contribution in [2.45, 2.75) is 24.8 Å². The zero-order valence-electron chi connectivity index (χ0n) is 17.2. The number of fused-ring (bicyclic) bond motifs is 2. The monoisotopic (exact) mass is 411 g/mol. The average molecular weight is 412 g/mol. The molecule has 0 saturated carbocycles. The molecule has 1 aliphatic carbocycles. The van der Waals surface area contributed by atoms with Gasteiger partial charge in [-0.1, -0.05) is 72.8 Å². The summed E-state index contributed by atoms with van der Waals surface area (Å²) in [6, 6.07) is 27.1. The van der Waals surface area contributed by atoms with E-state index in [9.17, 15) is 14.7 Å². The summed E-state index contributed by atoms with van der Waals surface area (Å²) in [6.45, 7) is 0.591. The quantitative estimate of drug-likeness (QED) is 0.692. The highest BCUT2D eigenvalue weighted by Gasteiger charge is 2.52. The molecular weight excluding hydrogens is 386 g/mol. The Hall–Kier alpha value is -3.40. The third-order valence-corrected chi connectivity index (χ3v) is 6.91. The molecule has 156 valence electrons. The van der Waals surface area contributed by atoms with Gasteiger partial charge in [-0.2, -0.15) is 0 Å². The fraction of sp³-hybridized carbons (Fsp3) is 0.259. The third kappa shape index (κ3) is 3.52. The predicted octanol–water partition coefficient (Wildman–Crippen LogP) is 4.41. The van der Waals surface area contributed by atoms with Crippen molar-refractivity contribution in [2.24, 2.45) is 11.8 Å². The zero-order chi connectivity index (χ0) is 21.4. The van der Waals surface area contributed by atoms with Crippen LogP contribution in [-0.4, -0.2) is 34.5 Å². The summed E-state index contributed by atoms with van der Waals surface area (Å²) in [5, 5.41) is 10.3. The number of likely N-dealkylation sites (tertiary alicyclic amines) is 1. The first-order valence-electron chi connectivity index (χ1n) is 10.8. The molecule has 2 aliphatic rings. The van der Waals surface area contributed by atoms with Crippen molar-refractivity contribution in [3.63, 3.8) is 0 Å². The summed E-state index contributed by atoms with van der Waals surface area (Å²) >= 11 is 0. The average Bonchev–Trinajstić information content (AvgIpc) is 3.15. The van der Waals surface area contributed by atoms with Gasteiger partial charge < -0.3 is 10.0 Å². The van der Waals surface area contributed by atoms with E-state index in [1.807, 2.05) is 77.7 Å². The van der Waals surface area contributed by atoms with Crippen LogP contribution in [0.5, 0.6) is 0 Å². The molecule has 4 nitrogen and oxygen atoms in total. The lowest BCUT2D eigenvalue weighted by molar-refractivity contribution is -0.141. The Bertz CT molecular complexity index is 1100. The lowest BCUT2D eigenvalue weighted by atomic mass is 9.67. The van der Waals surface area contributed by atoms with Crippen molar-refractivity contribution < 1.29 is 14.7 Å². The molecule has 3 aromatic carbocycles. The molecule has 5 rings (SSSR count). The zero-order valence-corrected chi connectivity index (χ0v) is 17.2. The number of amides is 1. The van der Waals surface area contributed by atoms with Crippen molar-refractivity contribution in [3.8, 4) is 0 Å². The fourth-order valence-electron chi connectivity index (χ4n) is 5.62. The van der Waals surface area contributed by atoms with E-state index in [2.05, 4.69) is 12.1 Å². The number of carboxylic acid groups (broad SMARTS) is 1. The van der Waals surface area contributed by atoms with Gasteiger partial charge in [-0.15, -0.1) is 0 Å². The molecule has 0 bridgehead atoms. The number of aliphatic carboxylic acids is 1. The van der Waals surface area contributed by atoms with E-state index in [0.717, 1.165) is 23.1 Å². The van der Waals surface area contributed by atoms with Crippen LogP contribution < -0.4 is 0 Å². The number of rotatable bonds is 4. The van der Waals surface area contributed by atoms with Crippen molar-refractivity contribution in [2.75, 3.05) is 6.54 Å². The molecule has 0 spiro atoms. The Morgan fingerprint density at radius 2 is 1.52 bits per heavy atom. The van der Waals surface area contributed by atoms with Crippen LogP contribution in [0.3, 0.4) is 0 Å². The smallest absolute Gasteiger partial charge is 0.311 e. The van der Waals surface area contributed by atoms with E-state index in [0.29, 0.717) is 18.5 Å². The maximum Gasteiger partial charge on any atom is 0.311 e. The van der Waals surface area contributed by atoms with E-state index in [1.165, 1.54) is 0 Å². The fourth-order valence-corrected chi connectivity index (χ4v) is 5.62. The summed E-state index contributed by atoms with van der Waals surface area (Å²) in [7, 11) is 0. The number of carbonyl (C=O) groups excluding carboxylic acids is 1. The van der Waals surface area contributed by atoms with Crippen LogP contribution in [0.1, 0.15) is 33.0 Å². The molecule has 4 atom stereocenters. The van der Waals surface area contributed by atoms with Crippen LogP contribution in [0, 0.1) is 11.8 Å². The minimum absolute atomic E-state index is 0.0101. The molecule has 1 aliphatic heterocycles. The molecule has 31 heavy (non-hydrogen) atoms. The third-order valence-electron chi connectivity index (χ3n) is 6.91. The summed E-state index contributed by atoms with van der Waals surface area (Å²) in [6.07, 6.45) is 1.47. The molecule has 4 heteroatoms. The van der Waals surface area contributed by atoms with Crippen LogP contribution in [0.25, 0.3) is 0 Å². The van der Waals surface area contributed by atoms with E-state index in [1.54, 1.807) is 0 Å². The van der Waals surface area contributed by atoms with Crippen molar-refractivity contribution >= 4 is 11.9 Å². The van der Waals surface area contributed by atoms with E-state index in [-0.39, 0.29) is 23.8 Å². The SMILES string of the molecule is O=C(O)[C@H]1c2ccccc2C[C@@H]2CN(C(=O)c3ccccc3)[C@@H](Cc3ccccc3)[C@@H]21. The molecule has 1 N–H and O–H groups in total. The Labute approximate surface area is 182 Å². The number of nitrogens with zero attached hydrogens (tertiary/aromatic N) is 1. The first kappa shape index (κ1) is 19.6. The van der Waals surface area contributed by atoms with Crippen LogP contribution in [0.4, 0.5) is 0 Å². The summed E-state index contributed by atoms with van der Waals surface area (Å²) < 4.78 is 0. The highest BCUT2D eigenvalue weighted by molar-refractivity contribution is 5.95. The molecule has 3 aromatic rings. The first-order valence-corrected chi connectivity index (χ1v) is 10.8. The van der Waals surface area contributed by atoms with Crippen molar-refractivity contribution in [1.29, 1.82) is 0 Å². The standard InChI is InChI=1S/C27H25NO3/c29-26(19-11-5-2-6-12-19)28-17-21-16-20-13-7-8-14-22(20)25(27(30)31)24(21)23(28)15-18-9-3-1-4-10-18/h1-14,21,23-25H,15-17H2,(H,30,31)/t21-,23+,24-,25+/m1/s1. The maximum absolute atomic E-state index is 13.5. The normalized spacial score (nSPS) is 24.3. The second-order valence-corrected chi connectivity index (χ2v) is 8.64. The van der Waals surface area contributed by atoms with Gasteiger partial charge in [-0.25, -0.2) is 0 Å². The molecule has 1 fully saturated rings. The second kappa shape index (κ2) is 8.03. The Morgan fingerprint density at radius 3 is 2.23 bits per heavy atom. The van der Waals surface area contributed by atoms with Gasteiger partial charge in [0.15, 0.2) is 0 Å². The number of carboxylic acids is 1. The van der Waals surface area contributed by atoms with Crippen molar-refractivity contribution in [1.82, 2.24) is 4.90 Å². The largest absolute Gasteiger partial charge is 0.481 e. The van der Waals surface area contributed by atoms with Crippen LogP contribution in [0.2, 0.25) is 0 Å². The predicted molar refractivity (Wildman–Crippen MR) is 119 cm³/mol. The minimum Gasteiger partial charge on any atom is -0.481 e. The van der Waals surface area contributed by atoms with Crippen molar-refractivity contribution in [3.05, 3.63) is 107 Å².